The molecule has 0 saturated heterocycles. The van der Waals surface area contributed by atoms with Crippen molar-refractivity contribution in [2.24, 2.45) is 5.73 Å². The molecule has 0 atom stereocenters. The number of primary amides is 1. The van der Waals surface area contributed by atoms with Crippen LogP contribution in [0.3, 0.4) is 0 Å². The van der Waals surface area contributed by atoms with Gasteiger partial charge in [-0.2, -0.15) is 0 Å². The summed E-state index contributed by atoms with van der Waals surface area (Å²) in [6.07, 6.45) is -11.0. The Morgan fingerprint density at radius 3 is 1.81 bits per heavy atom. The number of hydrogen-bond acceptors (Lipinski definition) is 6. The first-order valence-electron chi connectivity index (χ1n) is 7.71. The van der Waals surface area contributed by atoms with Crippen molar-refractivity contribution in [2.45, 2.75) is 22.5 Å². The van der Waals surface area contributed by atoms with Crippen LogP contribution in [0.25, 0.3) is 0 Å². The minimum atomic E-state index is -5.59. The highest BCUT2D eigenvalue weighted by Gasteiger charge is 2.40. The fourth-order valence-corrected chi connectivity index (χ4v) is 3.04. The smallest absolute Gasteiger partial charge is 0.403 e. The predicted octanol–water partition coefficient (Wildman–Crippen LogP) is 5.06. The number of carbonyl (C=O) groups is 2. The van der Waals surface area contributed by atoms with Crippen LogP contribution in [0.5, 0.6) is 11.5 Å². The number of thiol groups is 2. The summed E-state index contributed by atoms with van der Waals surface area (Å²) < 4.78 is 112. The molecule has 16 heteroatoms. The minimum absolute atomic E-state index is 0.298. The fraction of sp³-hybridized carbons (Fsp3) is 0.125. The van der Waals surface area contributed by atoms with Gasteiger partial charge < -0.3 is 15.2 Å². The van der Waals surface area contributed by atoms with Crippen molar-refractivity contribution in [3.63, 3.8) is 0 Å². The van der Waals surface area contributed by atoms with E-state index < -0.39 is 68.8 Å². The molecule has 0 fully saturated rings. The highest BCUT2D eigenvalue weighted by atomic mass is 32.1. The van der Waals surface area contributed by atoms with Crippen molar-refractivity contribution in [3.8, 4) is 11.5 Å². The molecular formula is C16H8F8N2O4S2. The minimum Gasteiger partial charge on any atom is -0.403 e. The third kappa shape index (κ3) is 5.67. The lowest BCUT2D eigenvalue weighted by Crippen LogP contribution is -2.42. The summed E-state index contributed by atoms with van der Waals surface area (Å²) in [6, 6.07) is 0.463. The van der Waals surface area contributed by atoms with Gasteiger partial charge in [0.2, 0.25) is 0 Å². The van der Waals surface area contributed by atoms with Crippen molar-refractivity contribution >= 4 is 42.9 Å². The van der Waals surface area contributed by atoms with Crippen LogP contribution in [-0.2, 0) is 0 Å². The summed E-state index contributed by atoms with van der Waals surface area (Å²) in [5.41, 5.74) is 2.33. The molecule has 0 aromatic heterocycles. The summed E-state index contributed by atoms with van der Waals surface area (Å²) in [4.78, 5) is 21.9. The first kappa shape index (κ1) is 25.4. The molecule has 0 spiro atoms. The molecule has 0 heterocycles. The molecule has 0 radical (unpaired) electrons. The lowest BCUT2D eigenvalue weighted by Gasteiger charge is -2.25. The number of anilines is 1. The lowest BCUT2D eigenvalue weighted by atomic mass is 10.1. The summed E-state index contributed by atoms with van der Waals surface area (Å²) in [6.45, 7) is 0. The highest BCUT2D eigenvalue weighted by molar-refractivity contribution is 7.81. The number of benzene rings is 2. The number of urea groups is 1. The first-order chi connectivity index (χ1) is 14.5. The standard InChI is InChI=1S/C16H8F8N2O4S2/c17-5-2-1-3-6(18)9(5)13(27)26(14(25)28)7-4-8(31)11(30-16(22,23)24)12(32)10(7)29-15(19,20)21/h1-4,31-32H,(H2,25,28). The number of rotatable bonds is 4. The van der Waals surface area contributed by atoms with Gasteiger partial charge in [0, 0.05) is 0 Å². The number of carbonyl (C=O) groups excluding carboxylic acids is 2. The third-order valence-electron chi connectivity index (χ3n) is 3.45. The molecule has 2 rings (SSSR count). The third-order valence-corrected chi connectivity index (χ3v) is 4.18. The van der Waals surface area contributed by atoms with Crippen LogP contribution in [-0.4, -0.2) is 24.7 Å². The Morgan fingerprint density at radius 1 is 0.906 bits per heavy atom. The summed E-state index contributed by atoms with van der Waals surface area (Å²) >= 11 is 7.12. The van der Waals surface area contributed by atoms with Gasteiger partial charge in [0.1, 0.15) is 17.2 Å². The summed E-state index contributed by atoms with van der Waals surface area (Å²) in [5.74, 6) is -7.99. The van der Waals surface area contributed by atoms with E-state index >= 15 is 0 Å². The number of nitrogens with two attached hydrogens (primary N) is 1. The van der Waals surface area contributed by atoms with E-state index in [1.807, 2.05) is 0 Å². The largest absolute Gasteiger partial charge is 0.573 e. The zero-order valence-electron chi connectivity index (χ0n) is 14.9. The Bertz CT molecular complexity index is 1060. The maximum Gasteiger partial charge on any atom is 0.573 e. The van der Waals surface area contributed by atoms with E-state index in [-0.39, 0.29) is 4.90 Å². The SMILES string of the molecule is NC(=O)N(C(=O)c1c(F)cccc1F)c1cc(S)c(OC(F)(F)F)c(S)c1OC(F)(F)F. The molecule has 174 valence electrons. The van der Waals surface area contributed by atoms with Crippen LogP contribution in [0.1, 0.15) is 10.4 Å². The topological polar surface area (TPSA) is 81.9 Å². The van der Waals surface area contributed by atoms with Gasteiger partial charge in [-0.25, -0.2) is 18.5 Å². The normalized spacial score (nSPS) is 11.8. The van der Waals surface area contributed by atoms with E-state index in [9.17, 15) is 44.7 Å². The van der Waals surface area contributed by atoms with E-state index in [0.717, 1.165) is 6.07 Å². The molecule has 0 aliphatic rings. The Morgan fingerprint density at radius 2 is 1.38 bits per heavy atom. The molecule has 3 amide bonds. The van der Waals surface area contributed by atoms with Crippen LogP contribution in [0.4, 0.5) is 45.6 Å². The van der Waals surface area contributed by atoms with Crippen LogP contribution in [0.2, 0.25) is 0 Å². The second kappa shape index (κ2) is 8.93. The molecule has 2 aromatic carbocycles. The van der Waals surface area contributed by atoms with Gasteiger partial charge in [-0.1, -0.05) is 6.07 Å². The fourth-order valence-electron chi connectivity index (χ4n) is 2.35. The molecule has 0 aliphatic heterocycles. The van der Waals surface area contributed by atoms with E-state index in [2.05, 4.69) is 34.7 Å². The molecule has 32 heavy (non-hydrogen) atoms. The molecule has 2 N–H and O–H groups in total. The Balaban J connectivity index is 2.81. The monoisotopic (exact) mass is 508 g/mol. The zero-order valence-corrected chi connectivity index (χ0v) is 16.7. The summed E-state index contributed by atoms with van der Waals surface area (Å²) in [5, 5.41) is 0. The highest BCUT2D eigenvalue weighted by Crippen LogP contribution is 2.48. The van der Waals surface area contributed by atoms with Crippen LogP contribution in [0, 0.1) is 11.6 Å². The van der Waals surface area contributed by atoms with E-state index in [4.69, 9.17) is 5.73 Å². The average molecular weight is 508 g/mol. The van der Waals surface area contributed by atoms with Crippen molar-refractivity contribution < 1.29 is 54.2 Å². The van der Waals surface area contributed by atoms with Gasteiger partial charge in [0.25, 0.3) is 5.91 Å². The number of halogens is 8. The molecule has 0 aliphatic carbocycles. The van der Waals surface area contributed by atoms with Gasteiger partial charge in [-0.05, 0) is 18.2 Å². The zero-order chi connectivity index (χ0) is 24.6. The quantitative estimate of drug-likeness (QED) is 0.398. The second-order valence-electron chi connectivity index (χ2n) is 5.59. The van der Waals surface area contributed by atoms with Gasteiger partial charge in [-0.15, -0.1) is 51.6 Å². The molecule has 6 nitrogen and oxygen atoms in total. The van der Waals surface area contributed by atoms with Crippen molar-refractivity contribution in [2.75, 3.05) is 4.90 Å². The number of ether oxygens (including phenoxy) is 2. The average Bonchev–Trinajstić information content (AvgIpc) is 2.60. The second-order valence-corrected chi connectivity index (χ2v) is 6.52. The molecule has 0 bridgehead atoms. The van der Waals surface area contributed by atoms with Crippen molar-refractivity contribution in [3.05, 3.63) is 41.5 Å². The summed E-state index contributed by atoms with van der Waals surface area (Å²) in [7, 11) is 0. The van der Waals surface area contributed by atoms with E-state index in [1.165, 1.54) is 0 Å². The van der Waals surface area contributed by atoms with Gasteiger partial charge in [0.15, 0.2) is 11.5 Å². The van der Waals surface area contributed by atoms with Crippen LogP contribution in [0.15, 0.2) is 34.1 Å². The molecular weight excluding hydrogens is 500 g/mol. The van der Waals surface area contributed by atoms with Gasteiger partial charge in [-0.3, -0.25) is 4.79 Å². The molecule has 2 aromatic rings. The maximum absolute atomic E-state index is 14.0. The maximum atomic E-state index is 14.0. The number of hydrogen-bond donors (Lipinski definition) is 3. The number of amides is 3. The van der Waals surface area contributed by atoms with Gasteiger partial charge in [0.05, 0.1) is 15.5 Å². The molecule has 0 saturated carbocycles. The van der Waals surface area contributed by atoms with Crippen molar-refractivity contribution in [1.29, 1.82) is 0 Å². The molecule has 0 unspecified atom stereocenters. The van der Waals surface area contributed by atoms with Crippen LogP contribution >= 0.6 is 25.3 Å². The lowest BCUT2D eigenvalue weighted by molar-refractivity contribution is -0.278. The van der Waals surface area contributed by atoms with Gasteiger partial charge >= 0.3 is 18.8 Å². The Kier molecular flexibility index (Phi) is 7.08. The van der Waals surface area contributed by atoms with Crippen LogP contribution < -0.4 is 20.1 Å². The number of alkyl halides is 6. The van der Waals surface area contributed by atoms with E-state index in [1.54, 1.807) is 0 Å². The Hall–Kier alpha value is -2.88. The van der Waals surface area contributed by atoms with Crippen molar-refractivity contribution in [1.82, 2.24) is 0 Å². The number of nitrogens with zero attached hydrogens (tertiary/aromatic N) is 1. The predicted molar refractivity (Wildman–Crippen MR) is 97.1 cm³/mol. The first-order valence-corrected chi connectivity index (χ1v) is 8.61. The van der Waals surface area contributed by atoms with E-state index in [0.29, 0.717) is 18.2 Å². The Labute approximate surface area is 183 Å². The number of imide groups is 1.